The summed E-state index contributed by atoms with van der Waals surface area (Å²) in [6, 6.07) is 5.61. The van der Waals surface area contributed by atoms with Crippen molar-refractivity contribution in [2.24, 2.45) is 0 Å². The van der Waals surface area contributed by atoms with Crippen molar-refractivity contribution < 1.29 is 17.7 Å². The SMILES string of the molecule is Cc1noc(C)c1-c1cccc(C2CN(S(=O)(=O)N(C)C)CCO2)n1. The molecule has 1 aliphatic rings. The van der Waals surface area contributed by atoms with Crippen LogP contribution in [0.1, 0.15) is 23.3 Å². The fourth-order valence-corrected chi connectivity index (χ4v) is 3.95. The molecule has 0 N–H and O–H groups in total. The van der Waals surface area contributed by atoms with Crippen molar-refractivity contribution in [1.29, 1.82) is 0 Å². The van der Waals surface area contributed by atoms with Crippen LogP contribution >= 0.6 is 0 Å². The smallest absolute Gasteiger partial charge is 0.281 e. The average Bonchev–Trinajstić information content (AvgIpc) is 2.93. The van der Waals surface area contributed by atoms with E-state index in [-0.39, 0.29) is 6.54 Å². The van der Waals surface area contributed by atoms with Gasteiger partial charge in [0, 0.05) is 27.2 Å². The Kier molecular flexibility index (Phi) is 4.92. The van der Waals surface area contributed by atoms with E-state index in [1.54, 1.807) is 0 Å². The standard InChI is InChI=1S/C16H22N4O4S/c1-11-16(12(2)24-18-11)14-7-5-6-13(17-14)15-10-20(8-9-23-15)25(21,22)19(3)4/h5-7,15H,8-10H2,1-4H3. The van der Waals surface area contributed by atoms with Crippen molar-refractivity contribution >= 4 is 10.2 Å². The maximum Gasteiger partial charge on any atom is 0.281 e. The highest BCUT2D eigenvalue weighted by atomic mass is 32.2. The zero-order chi connectivity index (χ0) is 18.2. The minimum absolute atomic E-state index is 0.235. The number of hydrogen-bond donors (Lipinski definition) is 0. The number of aromatic nitrogens is 2. The van der Waals surface area contributed by atoms with Crippen molar-refractivity contribution in [3.63, 3.8) is 0 Å². The Morgan fingerprint density at radius 3 is 2.68 bits per heavy atom. The second-order valence-corrected chi connectivity index (χ2v) is 8.30. The molecule has 0 aromatic carbocycles. The van der Waals surface area contributed by atoms with Gasteiger partial charge in [-0.05, 0) is 26.0 Å². The van der Waals surface area contributed by atoms with Crippen LogP contribution in [0.15, 0.2) is 22.7 Å². The Balaban J connectivity index is 1.89. The summed E-state index contributed by atoms with van der Waals surface area (Å²) in [6.07, 6.45) is -0.413. The first kappa shape index (κ1) is 18.0. The van der Waals surface area contributed by atoms with Crippen LogP contribution in [-0.2, 0) is 14.9 Å². The van der Waals surface area contributed by atoms with Crippen LogP contribution in [0.2, 0.25) is 0 Å². The summed E-state index contributed by atoms with van der Waals surface area (Å²) in [6.45, 7) is 4.60. The van der Waals surface area contributed by atoms with Gasteiger partial charge in [-0.1, -0.05) is 11.2 Å². The zero-order valence-electron chi connectivity index (χ0n) is 14.8. The molecule has 1 aliphatic heterocycles. The Morgan fingerprint density at radius 2 is 2.04 bits per heavy atom. The number of ether oxygens (including phenoxy) is 1. The summed E-state index contributed by atoms with van der Waals surface area (Å²) in [5, 5.41) is 3.96. The van der Waals surface area contributed by atoms with Crippen LogP contribution in [0.5, 0.6) is 0 Å². The molecule has 1 atom stereocenters. The minimum atomic E-state index is -3.47. The Labute approximate surface area is 147 Å². The largest absolute Gasteiger partial charge is 0.369 e. The summed E-state index contributed by atoms with van der Waals surface area (Å²) in [5.74, 6) is 0.698. The maximum absolute atomic E-state index is 12.4. The Bertz CT molecular complexity index is 843. The van der Waals surface area contributed by atoms with Gasteiger partial charge in [0.05, 0.1) is 29.3 Å². The van der Waals surface area contributed by atoms with E-state index in [4.69, 9.17) is 9.26 Å². The van der Waals surface area contributed by atoms with E-state index in [1.807, 2.05) is 32.0 Å². The lowest BCUT2D eigenvalue weighted by atomic mass is 10.1. The number of morpholine rings is 1. The molecule has 3 rings (SSSR count). The first-order valence-electron chi connectivity index (χ1n) is 8.00. The first-order valence-corrected chi connectivity index (χ1v) is 9.40. The van der Waals surface area contributed by atoms with Gasteiger partial charge in [-0.2, -0.15) is 17.0 Å². The molecule has 0 spiro atoms. The van der Waals surface area contributed by atoms with Gasteiger partial charge in [0.2, 0.25) is 0 Å². The quantitative estimate of drug-likeness (QED) is 0.815. The lowest BCUT2D eigenvalue weighted by molar-refractivity contribution is -0.00617. The molecule has 0 amide bonds. The summed E-state index contributed by atoms with van der Waals surface area (Å²) in [4.78, 5) is 4.66. The van der Waals surface area contributed by atoms with E-state index in [0.717, 1.165) is 17.0 Å². The first-order chi connectivity index (χ1) is 11.8. The molecular weight excluding hydrogens is 344 g/mol. The van der Waals surface area contributed by atoms with Crippen LogP contribution in [0, 0.1) is 13.8 Å². The van der Waals surface area contributed by atoms with Gasteiger partial charge >= 0.3 is 0 Å². The summed E-state index contributed by atoms with van der Waals surface area (Å²) in [5.41, 5.74) is 3.06. The monoisotopic (exact) mass is 366 g/mol. The lowest BCUT2D eigenvalue weighted by Gasteiger charge is -2.33. The van der Waals surface area contributed by atoms with Gasteiger partial charge in [-0.15, -0.1) is 0 Å². The molecule has 1 saturated heterocycles. The molecule has 25 heavy (non-hydrogen) atoms. The third-order valence-electron chi connectivity index (χ3n) is 4.21. The van der Waals surface area contributed by atoms with Crippen molar-refractivity contribution in [3.8, 4) is 11.3 Å². The van der Waals surface area contributed by atoms with E-state index >= 15 is 0 Å². The molecule has 0 bridgehead atoms. The van der Waals surface area contributed by atoms with Crippen LogP contribution in [0.3, 0.4) is 0 Å². The van der Waals surface area contributed by atoms with Gasteiger partial charge in [0.1, 0.15) is 11.9 Å². The van der Waals surface area contributed by atoms with Gasteiger partial charge in [-0.3, -0.25) is 0 Å². The second-order valence-electron chi connectivity index (χ2n) is 6.15. The van der Waals surface area contributed by atoms with Crippen molar-refractivity contribution in [1.82, 2.24) is 18.8 Å². The van der Waals surface area contributed by atoms with Crippen LogP contribution in [0.4, 0.5) is 0 Å². The number of nitrogens with zero attached hydrogens (tertiary/aromatic N) is 4. The number of hydrogen-bond acceptors (Lipinski definition) is 6. The highest BCUT2D eigenvalue weighted by Gasteiger charge is 2.32. The molecule has 3 heterocycles. The van der Waals surface area contributed by atoms with Crippen molar-refractivity contribution in [2.75, 3.05) is 33.8 Å². The molecule has 8 nitrogen and oxygen atoms in total. The highest BCUT2D eigenvalue weighted by Crippen LogP contribution is 2.28. The molecule has 1 fully saturated rings. The van der Waals surface area contributed by atoms with E-state index in [1.165, 1.54) is 22.7 Å². The molecule has 2 aromatic rings. The fourth-order valence-electron chi connectivity index (χ4n) is 2.86. The third-order valence-corrected chi connectivity index (χ3v) is 6.11. The van der Waals surface area contributed by atoms with E-state index < -0.39 is 16.3 Å². The lowest BCUT2D eigenvalue weighted by Crippen LogP contribution is -2.47. The van der Waals surface area contributed by atoms with Crippen LogP contribution in [-0.4, -0.2) is 61.0 Å². The summed E-state index contributed by atoms with van der Waals surface area (Å²) in [7, 11) is -0.426. The molecule has 1 unspecified atom stereocenters. The number of pyridine rings is 1. The second kappa shape index (κ2) is 6.83. The Morgan fingerprint density at radius 1 is 1.28 bits per heavy atom. The average molecular weight is 366 g/mol. The normalized spacial score (nSPS) is 19.5. The maximum atomic E-state index is 12.4. The van der Waals surface area contributed by atoms with Crippen molar-refractivity contribution in [2.45, 2.75) is 20.0 Å². The summed E-state index contributed by atoms with van der Waals surface area (Å²) >= 11 is 0. The number of rotatable bonds is 4. The Hall–Kier alpha value is -1.81. The molecule has 0 radical (unpaired) electrons. The number of aryl methyl sites for hydroxylation is 2. The zero-order valence-corrected chi connectivity index (χ0v) is 15.6. The molecular formula is C16H22N4O4S. The van der Waals surface area contributed by atoms with E-state index in [9.17, 15) is 8.42 Å². The summed E-state index contributed by atoms with van der Waals surface area (Å²) < 4.78 is 38.3. The predicted molar refractivity (Wildman–Crippen MR) is 92.1 cm³/mol. The molecule has 0 aliphatic carbocycles. The topological polar surface area (TPSA) is 88.8 Å². The molecule has 9 heteroatoms. The van der Waals surface area contributed by atoms with Gasteiger partial charge < -0.3 is 9.26 Å². The van der Waals surface area contributed by atoms with Gasteiger partial charge in [0.25, 0.3) is 10.2 Å². The fraction of sp³-hybridized carbons (Fsp3) is 0.500. The van der Waals surface area contributed by atoms with Crippen LogP contribution in [0.25, 0.3) is 11.3 Å². The van der Waals surface area contributed by atoms with Crippen LogP contribution < -0.4 is 0 Å². The van der Waals surface area contributed by atoms with E-state index in [2.05, 4.69) is 10.1 Å². The minimum Gasteiger partial charge on any atom is -0.369 e. The van der Waals surface area contributed by atoms with Crippen molar-refractivity contribution in [3.05, 3.63) is 35.3 Å². The molecule has 0 saturated carbocycles. The molecule has 136 valence electrons. The van der Waals surface area contributed by atoms with E-state index in [0.29, 0.717) is 24.6 Å². The van der Waals surface area contributed by atoms with Gasteiger partial charge in [-0.25, -0.2) is 4.98 Å². The highest BCUT2D eigenvalue weighted by molar-refractivity contribution is 7.86. The molecule has 2 aromatic heterocycles. The van der Waals surface area contributed by atoms with Gasteiger partial charge in [0.15, 0.2) is 0 Å². The predicted octanol–water partition coefficient (Wildman–Crippen LogP) is 1.53. The third kappa shape index (κ3) is 3.45.